The van der Waals surface area contributed by atoms with E-state index in [0.29, 0.717) is 12.8 Å². The van der Waals surface area contributed by atoms with Gasteiger partial charge in [0.05, 0.1) is 6.61 Å². The number of hydrogen-bond acceptors (Lipinski definition) is 5. The van der Waals surface area contributed by atoms with E-state index in [9.17, 15) is 14.7 Å². The summed E-state index contributed by atoms with van der Waals surface area (Å²) in [5, 5.41) is 9.61. The third kappa shape index (κ3) is 48.2. The minimum absolute atomic E-state index is 0.110. The lowest BCUT2D eigenvalue weighted by atomic mass is 10.1. The maximum absolute atomic E-state index is 12.2. The molecule has 0 aliphatic rings. The predicted molar refractivity (Wildman–Crippen MR) is 269 cm³/mol. The second-order valence-corrected chi connectivity index (χ2v) is 15.1. The second kappa shape index (κ2) is 50.9. The predicted octanol–water partition coefficient (Wildman–Crippen LogP) is 16.1. The normalized spacial score (nSPS) is 13.7. The largest absolute Gasteiger partial charge is 0.462 e. The lowest BCUT2D eigenvalue weighted by Gasteiger charge is -2.15. The highest BCUT2D eigenvalue weighted by Crippen LogP contribution is 2.11. The Bertz CT molecular complexity index is 1420. The van der Waals surface area contributed by atoms with Crippen LogP contribution < -0.4 is 0 Å². The zero-order chi connectivity index (χ0) is 44.9. The van der Waals surface area contributed by atoms with E-state index in [4.69, 9.17) is 9.47 Å². The smallest absolute Gasteiger partial charge is 0.306 e. The molecule has 344 valence electrons. The zero-order valence-corrected chi connectivity index (χ0v) is 39.1. The van der Waals surface area contributed by atoms with Crippen molar-refractivity contribution in [3.63, 3.8) is 0 Å². The fraction of sp³-hybridized carbons (Fsp3) is 0.509. The SMILES string of the molecule is CC/C=C\C/C=C\C/C=C\C/C=C\C/C=C\C/C=C\C/C=C\CCCC(=O)OC(CO)COC(=O)CCCCCCCC/C=C\C/C=C\C/C=C\C/C=C\C/C=C\C/C=C\CC. The van der Waals surface area contributed by atoms with Crippen LogP contribution in [0.4, 0.5) is 0 Å². The highest BCUT2D eigenvalue weighted by atomic mass is 16.6. The molecule has 1 atom stereocenters. The number of carbonyl (C=O) groups excluding carboxylic acids is 2. The summed E-state index contributed by atoms with van der Waals surface area (Å²) in [5.41, 5.74) is 0. The minimum atomic E-state index is -0.823. The van der Waals surface area contributed by atoms with Crippen molar-refractivity contribution in [2.75, 3.05) is 13.2 Å². The van der Waals surface area contributed by atoms with Gasteiger partial charge in [-0.15, -0.1) is 0 Å². The lowest BCUT2D eigenvalue weighted by molar-refractivity contribution is -0.161. The van der Waals surface area contributed by atoms with Crippen LogP contribution in [-0.2, 0) is 19.1 Å². The minimum Gasteiger partial charge on any atom is -0.462 e. The summed E-state index contributed by atoms with van der Waals surface area (Å²) in [6.45, 7) is 3.83. The van der Waals surface area contributed by atoms with Crippen molar-refractivity contribution in [1.82, 2.24) is 0 Å². The quantitative estimate of drug-likeness (QED) is 0.0377. The Kier molecular flexibility index (Phi) is 47.2. The van der Waals surface area contributed by atoms with E-state index < -0.39 is 6.10 Å². The Balaban J connectivity index is 3.74. The summed E-state index contributed by atoms with van der Waals surface area (Å²) in [6, 6.07) is 0. The molecule has 1 N–H and O–H groups in total. The second-order valence-electron chi connectivity index (χ2n) is 15.1. The fourth-order valence-corrected chi connectivity index (χ4v) is 5.78. The van der Waals surface area contributed by atoms with Gasteiger partial charge in [-0.3, -0.25) is 9.59 Å². The van der Waals surface area contributed by atoms with Crippen molar-refractivity contribution in [2.24, 2.45) is 0 Å². The third-order valence-electron chi connectivity index (χ3n) is 9.32. The van der Waals surface area contributed by atoms with Gasteiger partial charge in [0.15, 0.2) is 6.10 Å². The molecule has 0 radical (unpaired) electrons. The van der Waals surface area contributed by atoms with Crippen molar-refractivity contribution < 1.29 is 24.2 Å². The molecule has 0 aromatic heterocycles. The Labute approximate surface area is 380 Å². The molecule has 5 heteroatoms. The number of aliphatic hydroxyl groups is 1. The number of carbonyl (C=O) groups is 2. The van der Waals surface area contributed by atoms with Crippen LogP contribution in [0.25, 0.3) is 0 Å². The van der Waals surface area contributed by atoms with Gasteiger partial charge >= 0.3 is 11.9 Å². The summed E-state index contributed by atoms with van der Waals surface area (Å²) >= 11 is 0. The first-order chi connectivity index (χ1) is 30.6. The molecule has 0 spiro atoms. The first-order valence-electron chi connectivity index (χ1n) is 24.0. The van der Waals surface area contributed by atoms with Gasteiger partial charge in [-0.05, 0) is 116 Å². The van der Waals surface area contributed by atoms with E-state index in [1.54, 1.807) is 0 Å². The maximum atomic E-state index is 12.2. The van der Waals surface area contributed by atoms with Crippen LogP contribution in [0, 0.1) is 0 Å². The third-order valence-corrected chi connectivity index (χ3v) is 9.32. The topological polar surface area (TPSA) is 72.8 Å². The van der Waals surface area contributed by atoms with E-state index >= 15 is 0 Å². The van der Waals surface area contributed by atoms with Crippen molar-refractivity contribution in [2.45, 2.75) is 174 Å². The first-order valence-corrected chi connectivity index (χ1v) is 24.0. The standard InChI is InChI=1S/C57H86O5/c1-3-5-7-9-11-13-15-17-19-21-23-25-27-28-30-31-33-35-37-39-41-43-45-47-49-51-56(59)61-54-55(53-58)62-57(60)52-50-48-46-44-42-40-38-36-34-32-29-26-24-22-20-18-16-14-12-10-8-6-4-2/h5-8,11-14,17-20,23-26,28,30,32-35,38,40,44,46,55,58H,3-4,9-10,15-16,21-22,27,29,31,36-37,39,41-43,45,47-54H2,1-2H3/b7-5-,8-6-,13-11-,14-12-,19-17-,20-18-,25-23-,26-24-,30-28-,34-32-,35-33-,40-38-,46-44-. The van der Waals surface area contributed by atoms with Crippen LogP contribution in [0.15, 0.2) is 158 Å². The van der Waals surface area contributed by atoms with E-state index in [1.165, 1.54) is 19.3 Å². The number of allylic oxidation sites excluding steroid dienone is 26. The average Bonchev–Trinajstić information content (AvgIpc) is 3.28. The molecule has 0 rings (SSSR count). The summed E-state index contributed by atoms with van der Waals surface area (Å²) in [7, 11) is 0. The van der Waals surface area contributed by atoms with Crippen molar-refractivity contribution in [3.05, 3.63) is 158 Å². The van der Waals surface area contributed by atoms with E-state index in [1.807, 2.05) is 0 Å². The Morgan fingerprint density at radius 3 is 1.02 bits per heavy atom. The number of esters is 2. The van der Waals surface area contributed by atoms with E-state index in [0.717, 1.165) is 116 Å². The molecule has 1 unspecified atom stereocenters. The number of hydrogen-bond donors (Lipinski definition) is 1. The number of rotatable bonds is 41. The van der Waals surface area contributed by atoms with Crippen LogP contribution >= 0.6 is 0 Å². The monoisotopic (exact) mass is 851 g/mol. The van der Waals surface area contributed by atoms with Gasteiger partial charge in [-0.1, -0.05) is 198 Å². The maximum Gasteiger partial charge on any atom is 0.306 e. The molecule has 5 nitrogen and oxygen atoms in total. The van der Waals surface area contributed by atoms with Gasteiger partial charge in [0, 0.05) is 12.8 Å². The van der Waals surface area contributed by atoms with Gasteiger partial charge in [-0.25, -0.2) is 0 Å². The summed E-state index contributed by atoms with van der Waals surface area (Å²) in [6.07, 6.45) is 78.9. The number of ether oxygens (including phenoxy) is 2. The molecule has 0 aliphatic carbocycles. The van der Waals surface area contributed by atoms with Gasteiger partial charge in [-0.2, -0.15) is 0 Å². The molecule has 0 saturated heterocycles. The molecule has 0 fully saturated rings. The summed E-state index contributed by atoms with van der Waals surface area (Å²) < 4.78 is 10.6. The van der Waals surface area contributed by atoms with Gasteiger partial charge in [0.1, 0.15) is 6.61 Å². The Hall–Kier alpha value is -4.48. The molecule has 62 heavy (non-hydrogen) atoms. The Morgan fingerprint density at radius 2 is 0.661 bits per heavy atom. The van der Waals surface area contributed by atoms with E-state index in [2.05, 4.69) is 172 Å². The van der Waals surface area contributed by atoms with Crippen LogP contribution in [0.5, 0.6) is 0 Å². The van der Waals surface area contributed by atoms with E-state index in [-0.39, 0.29) is 31.6 Å². The van der Waals surface area contributed by atoms with Crippen LogP contribution in [0.3, 0.4) is 0 Å². The fourth-order valence-electron chi connectivity index (χ4n) is 5.78. The molecule has 0 heterocycles. The van der Waals surface area contributed by atoms with Gasteiger partial charge < -0.3 is 14.6 Å². The van der Waals surface area contributed by atoms with Gasteiger partial charge in [0.25, 0.3) is 0 Å². The van der Waals surface area contributed by atoms with Crippen molar-refractivity contribution in [1.29, 1.82) is 0 Å². The van der Waals surface area contributed by atoms with Crippen molar-refractivity contribution >= 4 is 11.9 Å². The molecule has 0 amide bonds. The Morgan fingerprint density at radius 1 is 0.371 bits per heavy atom. The van der Waals surface area contributed by atoms with Crippen LogP contribution in [-0.4, -0.2) is 36.4 Å². The first kappa shape index (κ1) is 57.5. The number of aliphatic hydroxyl groups excluding tert-OH is 1. The van der Waals surface area contributed by atoms with Crippen molar-refractivity contribution in [3.8, 4) is 0 Å². The molecular formula is C57H86O5. The highest BCUT2D eigenvalue weighted by molar-refractivity contribution is 5.70. The molecule has 0 bridgehead atoms. The molecule has 0 saturated carbocycles. The average molecular weight is 851 g/mol. The van der Waals surface area contributed by atoms with Gasteiger partial charge in [0.2, 0.25) is 0 Å². The highest BCUT2D eigenvalue weighted by Gasteiger charge is 2.16. The lowest BCUT2D eigenvalue weighted by Crippen LogP contribution is -2.28. The molecule has 0 aliphatic heterocycles. The zero-order valence-electron chi connectivity index (χ0n) is 39.1. The van der Waals surface area contributed by atoms with Crippen LogP contribution in [0.2, 0.25) is 0 Å². The number of unbranched alkanes of at least 4 members (excludes halogenated alkanes) is 7. The summed E-state index contributed by atoms with van der Waals surface area (Å²) in [5.74, 6) is -0.694. The molecule has 0 aromatic carbocycles. The molecular weight excluding hydrogens is 765 g/mol. The summed E-state index contributed by atoms with van der Waals surface area (Å²) in [4.78, 5) is 24.4. The van der Waals surface area contributed by atoms with Crippen LogP contribution in [0.1, 0.15) is 168 Å². The molecule has 0 aromatic rings.